The molecule has 0 aromatic heterocycles. The average molecular weight is 279 g/mol. The third-order valence-electron chi connectivity index (χ3n) is 2.66. The predicted molar refractivity (Wildman–Crippen MR) is 77.0 cm³/mol. The fourth-order valence-corrected chi connectivity index (χ4v) is 1.71. The molecule has 1 aromatic rings. The summed E-state index contributed by atoms with van der Waals surface area (Å²) >= 11 is 0. The summed E-state index contributed by atoms with van der Waals surface area (Å²) in [5.41, 5.74) is 0.545. The van der Waals surface area contributed by atoms with Gasteiger partial charge in [-0.2, -0.15) is 0 Å². The van der Waals surface area contributed by atoms with E-state index in [2.05, 4.69) is 6.58 Å². The van der Waals surface area contributed by atoms with Gasteiger partial charge in [-0.1, -0.05) is 12.7 Å². The first kappa shape index (κ1) is 16.2. The number of carbonyl (C=O) groups is 1. The van der Waals surface area contributed by atoms with Crippen LogP contribution in [0.25, 0.3) is 0 Å². The molecule has 110 valence electrons. The van der Waals surface area contributed by atoms with Crippen LogP contribution < -0.4 is 4.74 Å². The number of aliphatic hydroxyl groups excluding tert-OH is 1. The maximum Gasteiger partial charge on any atom is 0.253 e. The minimum atomic E-state index is -0.691. The van der Waals surface area contributed by atoms with Gasteiger partial charge in [-0.25, -0.2) is 0 Å². The Hall–Kier alpha value is -1.85. The second-order valence-electron chi connectivity index (χ2n) is 4.42. The van der Waals surface area contributed by atoms with Gasteiger partial charge in [0.1, 0.15) is 12.4 Å². The van der Waals surface area contributed by atoms with Gasteiger partial charge < -0.3 is 19.5 Å². The molecule has 0 spiro atoms. The van der Waals surface area contributed by atoms with Crippen molar-refractivity contribution in [1.82, 2.24) is 4.90 Å². The summed E-state index contributed by atoms with van der Waals surface area (Å²) in [4.78, 5) is 13.6. The molecular weight excluding hydrogens is 258 g/mol. The van der Waals surface area contributed by atoms with Crippen LogP contribution >= 0.6 is 0 Å². The number of carbonyl (C=O) groups excluding carboxylic acids is 1. The van der Waals surface area contributed by atoms with Gasteiger partial charge in [0.2, 0.25) is 0 Å². The van der Waals surface area contributed by atoms with Crippen molar-refractivity contribution in [2.24, 2.45) is 0 Å². The van der Waals surface area contributed by atoms with Crippen molar-refractivity contribution in [2.45, 2.75) is 6.10 Å². The van der Waals surface area contributed by atoms with Crippen molar-refractivity contribution in [3.05, 3.63) is 42.5 Å². The van der Waals surface area contributed by atoms with E-state index in [9.17, 15) is 9.90 Å². The molecule has 0 fully saturated rings. The number of nitrogens with zero attached hydrogens (tertiary/aromatic N) is 1. The summed E-state index contributed by atoms with van der Waals surface area (Å²) in [6.45, 7) is 4.42. The lowest BCUT2D eigenvalue weighted by Crippen LogP contribution is -2.36. The second-order valence-corrected chi connectivity index (χ2v) is 4.42. The number of methoxy groups -OCH3 is 1. The van der Waals surface area contributed by atoms with Crippen LogP contribution in [-0.2, 0) is 4.74 Å². The summed E-state index contributed by atoms with van der Waals surface area (Å²) in [6, 6.07) is 6.85. The normalized spacial score (nSPS) is 11.8. The Bertz CT molecular complexity index is 430. The first-order valence-electron chi connectivity index (χ1n) is 6.34. The zero-order chi connectivity index (χ0) is 15.0. The van der Waals surface area contributed by atoms with Gasteiger partial charge in [-0.05, 0) is 24.3 Å². The van der Waals surface area contributed by atoms with Gasteiger partial charge in [0.05, 0.1) is 12.7 Å². The fraction of sp³-hybridized carbons (Fsp3) is 0.400. The fourth-order valence-electron chi connectivity index (χ4n) is 1.71. The van der Waals surface area contributed by atoms with Gasteiger partial charge in [0.25, 0.3) is 5.91 Å². The summed E-state index contributed by atoms with van der Waals surface area (Å²) in [6.07, 6.45) is 0.966. The molecule has 0 aliphatic rings. The molecule has 1 rings (SSSR count). The number of rotatable bonds is 8. The predicted octanol–water partition coefficient (Wildman–Crippen LogP) is 1.33. The number of aliphatic hydroxyl groups is 1. The third-order valence-corrected chi connectivity index (χ3v) is 2.66. The minimum Gasteiger partial charge on any atom is -0.490 e. The Balaban J connectivity index is 2.60. The van der Waals surface area contributed by atoms with Crippen LogP contribution in [0.2, 0.25) is 0 Å². The van der Waals surface area contributed by atoms with Gasteiger partial charge in [0, 0.05) is 26.3 Å². The van der Waals surface area contributed by atoms with E-state index < -0.39 is 6.10 Å². The Morgan fingerprint density at radius 3 is 2.65 bits per heavy atom. The number of amides is 1. The molecule has 0 aliphatic heterocycles. The zero-order valence-electron chi connectivity index (χ0n) is 11.9. The molecule has 0 saturated heterocycles. The van der Waals surface area contributed by atoms with Crippen molar-refractivity contribution in [3.8, 4) is 5.75 Å². The van der Waals surface area contributed by atoms with Crippen LogP contribution in [0, 0.1) is 0 Å². The van der Waals surface area contributed by atoms with Gasteiger partial charge >= 0.3 is 0 Å². The summed E-state index contributed by atoms with van der Waals surface area (Å²) in [5, 5.41) is 9.61. The SMILES string of the molecule is C=CCOc1ccc(C(=O)N(C)CC(O)COC)cc1. The van der Waals surface area contributed by atoms with Gasteiger partial charge in [-0.3, -0.25) is 4.79 Å². The van der Waals surface area contributed by atoms with E-state index in [4.69, 9.17) is 9.47 Å². The monoisotopic (exact) mass is 279 g/mol. The summed E-state index contributed by atoms with van der Waals surface area (Å²) < 4.78 is 10.2. The molecule has 5 nitrogen and oxygen atoms in total. The average Bonchev–Trinajstić information content (AvgIpc) is 2.45. The van der Waals surface area contributed by atoms with Crippen LogP contribution in [0.4, 0.5) is 0 Å². The molecule has 1 unspecified atom stereocenters. The number of benzene rings is 1. The number of likely N-dealkylation sites (N-methyl/N-ethyl adjacent to an activating group) is 1. The highest BCUT2D eigenvalue weighted by atomic mass is 16.5. The molecule has 1 N–H and O–H groups in total. The minimum absolute atomic E-state index is 0.157. The lowest BCUT2D eigenvalue weighted by Gasteiger charge is -2.20. The van der Waals surface area contributed by atoms with Crippen LogP contribution in [0.15, 0.2) is 36.9 Å². The first-order valence-corrected chi connectivity index (χ1v) is 6.34. The van der Waals surface area contributed by atoms with Crippen molar-refractivity contribution in [1.29, 1.82) is 0 Å². The Labute approximate surface area is 119 Å². The molecule has 0 aliphatic carbocycles. The molecule has 1 amide bonds. The number of ether oxygens (including phenoxy) is 2. The smallest absolute Gasteiger partial charge is 0.253 e. The topological polar surface area (TPSA) is 59.0 Å². The highest BCUT2D eigenvalue weighted by Crippen LogP contribution is 2.13. The quantitative estimate of drug-likeness (QED) is 0.729. The molecule has 0 heterocycles. The molecule has 1 atom stereocenters. The largest absolute Gasteiger partial charge is 0.490 e. The highest BCUT2D eigenvalue weighted by molar-refractivity contribution is 5.94. The van der Waals surface area contributed by atoms with E-state index >= 15 is 0 Å². The number of hydrogen-bond acceptors (Lipinski definition) is 4. The summed E-state index contributed by atoms with van der Waals surface area (Å²) in [7, 11) is 3.15. The molecule has 5 heteroatoms. The van der Waals surface area contributed by atoms with Crippen LogP contribution in [0.1, 0.15) is 10.4 Å². The van der Waals surface area contributed by atoms with E-state index in [0.717, 1.165) is 0 Å². The summed E-state index contributed by atoms with van der Waals surface area (Å²) in [5.74, 6) is 0.527. The lowest BCUT2D eigenvalue weighted by atomic mass is 10.2. The van der Waals surface area contributed by atoms with E-state index in [-0.39, 0.29) is 19.1 Å². The van der Waals surface area contributed by atoms with E-state index in [0.29, 0.717) is 17.9 Å². The van der Waals surface area contributed by atoms with E-state index in [1.807, 2.05) is 0 Å². The van der Waals surface area contributed by atoms with Gasteiger partial charge in [-0.15, -0.1) is 0 Å². The molecule has 1 aromatic carbocycles. The molecule has 0 radical (unpaired) electrons. The third kappa shape index (κ3) is 5.03. The maximum atomic E-state index is 12.1. The van der Waals surface area contributed by atoms with Crippen molar-refractivity contribution < 1.29 is 19.4 Å². The van der Waals surface area contributed by atoms with E-state index in [1.165, 1.54) is 12.0 Å². The maximum absolute atomic E-state index is 12.1. The van der Waals surface area contributed by atoms with Crippen LogP contribution in [0.5, 0.6) is 5.75 Å². The zero-order valence-corrected chi connectivity index (χ0v) is 11.9. The van der Waals surface area contributed by atoms with Crippen molar-refractivity contribution >= 4 is 5.91 Å². The molecular formula is C15H21NO4. The second kappa shape index (κ2) is 8.35. The molecule has 20 heavy (non-hydrogen) atoms. The Kier molecular flexibility index (Phi) is 6.76. The van der Waals surface area contributed by atoms with Crippen LogP contribution in [-0.4, -0.2) is 55.9 Å². The van der Waals surface area contributed by atoms with Gasteiger partial charge in [0.15, 0.2) is 0 Å². The Morgan fingerprint density at radius 2 is 2.10 bits per heavy atom. The van der Waals surface area contributed by atoms with Crippen LogP contribution in [0.3, 0.4) is 0 Å². The first-order chi connectivity index (χ1) is 9.58. The van der Waals surface area contributed by atoms with Crippen molar-refractivity contribution in [2.75, 3.05) is 33.9 Å². The van der Waals surface area contributed by atoms with Crippen molar-refractivity contribution in [3.63, 3.8) is 0 Å². The number of hydrogen-bond donors (Lipinski definition) is 1. The molecule has 0 saturated carbocycles. The Morgan fingerprint density at radius 1 is 1.45 bits per heavy atom. The lowest BCUT2D eigenvalue weighted by molar-refractivity contribution is 0.0380. The van der Waals surface area contributed by atoms with E-state index in [1.54, 1.807) is 37.4 Å². The molecule has 0 bridgehead atoms. The highest BCUT2D eigenvalue weighted by Gasteiger charge is 2.15. The standard InChI is InChI=1S/C15H21NO4/c1-4-9-20-14-7-5-12(6-8-14)15(18)16(2)10-13(17)11-19-3/h4-8,13,17H,1,9-11H2,2-3H3.